The second-order valence-corrected chi connectivity index (χ2v) is 10.6. The molecule has 0 aliphatic heterocycles. The molecular formula is C34H55N2+. The summed E-state index contributed by atoms with van der Waals surface area (Å²) < 4.78 is 2.06. The van der Waals surface area contributed by atoms with Crippen LogP contribution in [0.25, 0.3) is 12.2 Å². The first-order valence-corrected chi connectivity index (χ1v) is 15.2. The van der Waals surface area contributed by atoms with Gasteiger partial charge in [-0.05, 0) is 36.6 Å². The number of hydrogen-bond acceptors (Lipinski definition) is 1. The summed E-state index contributed by atoms with van der Waals surface area (Å²) in [4.78, 5) is 2.52. The first-order chi connectivity index (χ1) is 17.7. The van der Waals surface area contributed by atoms with E-state index in [0.717, 1.165) is 6.54 Å². The maximum atomic E-state index is 2.52. The van der Waals surface area contributed by atoms with Crippen LogP contribution in [0.2, 0.25) is 0 Å². The van der Waals surface area contributed by atoms with Gasteiger partial charge in [-0.2, -0.15) is 0 Å². The number of aromatic nitrogens is 1. The molecule has 1 aromatic heterocycles. The quantitative estimate of drug-likeness (QED) is 0.124. The fourth-order valence-corrected chi connectivity index (χ4v) is 4.93. The molecule has 1 aromatic carbocycles. The number of hydrogen-bond donors (Lipinski definition) is 0. The van der Waals surface area contributed by atoms with E-state index in [4.69, 9.17) is 0 Å². The number of rotatable bonds is 21. The van der Waals surface area contributed by atoms with E-state index in [9.17, 15) is 0 Å². The summed E-state index contributed by atoms with van der Waals surface area (Å²) in [5.74, 6) is 0. The lowest BCUT2D eigenvalue weighted by Crippen LogP contribution is -2.25. The van der Waals surface area contributed by atoms with E-state index in [2.05, 4.69) is 84.3 Å². The van der Waals surface area contributed by atoms with Crippen molar-refractivity contribution in [3.8, 4) is 0 Å². The number of pyridine rings is 1. The summed E-state index contributed by atoms with van der Waals surface area (Å²) >= 11 is 0. The molecule has 0 N–H and O–H groups in total. The molecule has 0 spiro atoms. The SMILES string of the molecule is CCCCCCCCCCCCCCCCCCN(CC)c1ccc(/C=C/c2cc[n+](C)cc2)cc1. The Kier molecular flexibility index (Phi) is 16.8. The maximum absolute atomic E-state index is 2.52. The van der Waals surface area contributed by atoms with Gasteiger partial charge in [-0.15, -0.1) is 0 Å². The maximum Gasteiger partial charge on any atom is 0.169 e. The Hall–Kier alpha value is -2.09. The number of benzene rings is 1. The molecule has 2 rings (SSSR count). The smallest absolute Gasteiger partial charge is 0.169 e. The van der Waals surface area contributed by atoms with Crippen LogP contribution >= 0.6 is 0 Å². The molecule has 2 heteroatoms. The molecule has 0 fully saturated rings. The zero-order chi connectivity index (χ0) is 25.7. The second-order valence-electron chi connectivity index (χ2n) is 10.6. The topological polar surface area (TPSA) is 7.12 Å². The van der Waals surface area contributed by atoms with Crippen molar-refractivity contribution in [2.45, 2.75) is 117 Å². The third-order valence-electron chi connectivity index (χ3n) is 7.39. The van der Waals surface area contributed by atoms with E-state index in [1.807, 2.05) is 7.05 Å². The summed E-state index contributed by atoms with van der Waals surface area (Å²) in [6.07, 6.45) is 31.4. The lowest BCUT2D eigenvalue weighted by Gasteiger charge is -2.23. The van der Waals surface area contributed by atoms with Gasteiger partial charge < -0.3 is 4.90 Å². The highest BCUT2D eigenvalue weighted by molar-refractivity contribution is 5.70. The normalized spacial score (nSPS) is 11.4. The van der Waals surface area contributed by atoms with Gasteiger partial charge in [-0.25, -0.2) is 4.57 Å². The van der Waals surface area contributed by atoms with Gasteiger partial charge in [-0.3, -0.25) is 0 Å². The molecule has 0 saturated carbocycles. The highest BCUT2D eigenvalue weighted by Crippen LogP contribution is 2.18. The monoisotopic (exact) mass is 491 g/mol. The molecule has 0 radical (unpaired) electrons. The van der Waals surface area contributed by atoms with Crippen LogP contribution in [0.1, 0.15) is 128 Å². The number of nitrogens with zero attached hydrogens (tertiary/aromatic N) is 2. The molecular weight excluding hydrogens is 436 g/mol. The molecule has 0 amide bonds. The predicted octanol–water partition coefficient (Wildman–Crippen LogP) is 9.77. The number of aryl methyl sites for hydroxylation is 1. The fourth-order valence-electron chi connectivity index (χ4n) is 4.93. The predicted molar refractivity (Wildman–Crippen MR) is 160 cm³/mol. The fraction of sp³-hybridized carbons (Fsp3) is 0.618. The van der Waals surface area contributed by atoms with Crippen LogP contribution in [0, 0.1) is 0 Å². The van der Waals surface area contributed by atoms with Crippen molar-refractivity contribution < 1.29 is 4.57 Å². The van der Waals surface area contributed by atoms with Crippen molar-refractivity contribution in [1.29, 1.82) is 0 Å². The number of unbranched alkanes of at least 4 members (excludes halogenated alkanes) is 15. The molecule has 0 aliphatic carbocycles. The van der Waals surface area contributed by atoms with Gasteiger partial charge in [0.05, 0.1) is 0 Å². The van der Waals surface area contributed by atoms with Crippen LogP contribution in [0.15, 0.2) is 48.8 Å². The van der Waals surface area contributed by atoms with E-state index >= 15 is 0 Å². The Bertz CT molecular complexity index is 791. The molecule has 2 nitrogen and oxygen atoms in total. The Labute approximate surface area is 223 Å². The molecule has 0 saturated heterocycles. The molecule has 0 atom stereocenters. The zero-order valence-electron chi connectivity index (χ0n) is 23.9. The Morgan fingerprint density at radius 1 is 0.556 bits per heavy atom. The van der Waals surface area contributed by atoms with Crippen LogP contribution in [0.5, 0.6) is 0 Å². The third-order valence-corrected chi connectivity index (χ3v) is 7.39. The van der Waals surface area contributed by atoms with Crippen molar-refractivity contribution in [3.05, 3.63) is 59.9 Å². The summed E-state index contributed by atoms with van der Waals surface area (Å²) in [7, 11) is 2.05. The summed E-state index contributed by atoms with van der Waals surface area (Å²) in [6, 6.07) is 13.3. The highest BCUT2D eigenvalue weighted by Gasteiger charge is 2.04. The lowest BCUT2D eigenvalue weighted by molar-refractivity contribution is -0.671. The van der Waals surface area contributed by atoms with Crippen LogP contribution in [0.4, 0.5) is 5.69 Å². The van der Waals surface area contributed by atoms with Gasteiger partial charge in [0.25, 0.3) is 0 Å². The molecule has 2 aromatic rings. The minimum Gasteiger partial charge on any atom is -0.372 e. The van der Waals surface area contributed by atoms with Gasteiger partial charge in [0, 0.05) is 30.9 Å². The minimum atomic E-state index is 1.08. The van der Waals surface area contributed by atoms with Crippen LogP contribution in [0.3, 0.4) is 0 Å². The molecule has 1 heterocycles. The van der Waals surface area contributed by atoms with Gasteiger partial charge in [0.2, 0.25) is 0 Å². The Balaban J connectivity index is 1.49. The van der Waals surface area contributed by atoms with Crippen LogP contribution in [-0.4, -0.2) is 13.1 Å². The largest absolute Gasteiger partial charge is 0.372 e. The summed E-state index contributed by atoms with van der Waals surface area (Å²) in [5.41, 5.74) is 3.84. The van der Waals surface area contributed by atoms with Gasteiger partial charge in [0.1, 0.15) is 7.05 Å². The van der Waals surface area contributed by atoms with Gasteiger partial charge >= 0.3 is 0 Å². The average molecular weight is 492 g/mol. The van der Waals surface area contributed by atoms with Gasteiger partial charge in [0.15, 0.2) is 12.4 Å². The first-order valence-electron chi connectivity index (χ1n) is 15.2. The van der Waals surface area contributed by atoms with Crippen molar-refractivity contribution in [3.63, 3.8) is 0 Å². The zero-order valence-corrected chi connectivity index (χ0v) is 23.9. The van der Waals surface area contributed by atoms with Crippen LogP contribution in [-0.2, 0) is 7.05 Å². The molecule has 200 valence electrons. The van der Waals surface area contributed by atoms with Gasteiger partial charge in [-0.1, -0.05) is 128 Å². The Morgan fingerprint density at radius 2 is 0.972 bits per heavy atom. The highest BCUT2D eigenvalue weighted by atomic mass is 15.1. The first kappa shape index (κ1) is 30.1. The van der Waals surface area contributed by atoms with E-state index in [1.165, 1.54) is 126 Å². The van der Waals surface area contributed by atoms with E-state index < -0.39 is 0 Å². The minimum absolute atomic E-state index is 1.08. The lowest BCUT2D eigenvalue weighted by atomic mass is 10.0. The molecule has 0 unspecified atom stereocenters. The summed E-state index contributed by atoms with van der Waals surface area (Å²) in [5, 5.41) is 0. The van der Waals surface area contributed by atoms with Crippen molar-refractivity contribution in [1.82, 2.24) is 0 Å². The van der Waals surface area contributed by atoms with E-state index in [0.29, 0.717) is 0 Å². The molecule has 0 bridgehead atoms. The third kappa shape index (κ3) is 13.9. The standard InChI is InChI=1S/C34H55N2/c1-4-6-7-8-9-10-11-12-13-14-15-16-17-18-19-20-29-36(5-2)34-25-23-32(24-26-34)21-22-33-27-30-35(3)31-28-33/h21-28,30-31H,4-20,29H2,1-3H3/q+1. The number of anilines is 1. The molecule has 0 aliphatic rings. The van der Waals surface area contributed by atoms with E-state index in [1.54, 1.807) is 0 Å². The second kappa shape index (κ2) is 20.0. The van der Waals surface area contributed by atoms with Crippen molar-refractivity contribution >= 4 is 17.8 Å². The average Bonchev–Trinajstić information content (AvgIpc) is 2.91. The van der Waals surface area contributed by atoms with Crippen molar-refractivity contribution in [2.24, 2.45) is 7.05 Å². The summed E-state index contributed by atoms with van der Waals surface area (Å²) in [6.45, 7) is 6.82. The molecule has 36 heavy (non-hydrogen) atoms. The Morgan fingerprint density at radius 3 is 1.42 bits per heavy atom. The van der Waals surface area contributed by atoms with Crippen molar-refractivity contribution in [2.75, 3.05) is 18.0 Å². The van der Waals surface area contributed by atoms with Crippen LogP contribution < -0.4 is 9.47 Å². The van der Waals surface area contributed by atoms with E-state index in [-0.39, 0.29) is 0 Å².